The van der Waals surface area contributed by atoms with Crippen LogP contribution in [0.25, 0.3) is 0 Å². The third-order valence-corrected chi connectivity index (χ3v) is 5.50. The third kappa shape index (κ3) is 3.30. The summed E-state index contributed by atoms with van der Waals surface area (Å²) < 4.78 is 0. The maximum atomic E-state index is 2.38. The summed E-state index contributed by atoms with van der Waals surface area (Å²) in [6.07, 6.45) is 5.80. The van der Waals surface area contributed by atoms with E-state index in [0.29, 0.717) is 6.04 Å². The van der Waals surface area contributed by atoms with Crippen molar-refractivity contribution in [3.05, 3.63) is 42.0 Å². The summed E-state index contributed by atoms with van der Waals surface area (Å²) in [5.74, 6) is 1.22. The fourth-order valence-corrected chi connectivity index (χ4v) is 4.33. The van der Waals surface area contributed by atoms with Gasteiger partial charge in [0.05, 0.1) is 6.04 Å². The van der Waals surface area contributed by atoms with E-state index in [2.05, 4.69) is 55.3 Å². The van der Waals surface area contributed by atoms with E-state index in [1.165, 1.54) is 22.6 Å². The monoisotopic (exact) mass is 265 g/mol. The molecular weight excluding hydrogens is 246 g/mol. The molecule has 0 saturated heterocycles. The molecule has 1 heterocycles. The molecule has 1 unspecified atom stereocenters. The molecule has 1 nitrogen and oxygen atoms in total. The van der Waals surface area contributed by atoms with Crippen LogP contribution < -0.4 is 0 Å². The molecule has 1 atom stereocenters. The number of hydrogen-bond donors (Lipinski definition) is 0. The fourth-order valence-electron chi connectivity index (χ4n) is 1.95. The predicted molar refractivity (Wildman–Crippen MR) is 79.6 cm³/mol. The smallest absolute Gasteiger partial charge is 0.0543 e. The van der Waals surface area contributed by atoms with E-state index in [4.69, 9.17) is 0 Å². The summed E-state index contributed by atoms with van der Waals surface area (Å²) in [7, 11) is 6.06. The van der Waals surface area contributed by atoms with Crippen molar-refractivity contribution in [1.82, 2.24) is 4.90 Å². The molecule has 1 aromatic rings. The van der Waals surface area contributed by atoms with Crippen LogP contribution in [-0.2, 0) is 0 Å². The van der Waals surface area contributed by atoms with Crippen molar-refractivity contribution in [3.63, 3.8) is 0 Å². The average molecular weight is 265 g/mol. The van der Waals surface area contributed by atoms with Gasteiger partial charge in [0.15, 0.2) is 0 Å². The Hall–Kier alpha value is -0.380. The van der Waals surface area contributed by atoms with Crippen LogP contribution in [-0.4, -0.2) is 24.2 Å². The highest BCUT2D eigenvalue weighted by molar-refractivity contribution is 8.76. The summed E-state index contributed by atoms with van der Waals surface area (Å²) >= 11 is 0. The van der Waals surface area contributed by atoms with Crippen molar-refractivity contribution >= 4 is 21.6 Å². The van der Waals surface area contributed by atoms with Gasteiger partial charge >= 0.3 is 0 Å². The second kappa shape index (κ2) is 6.53. The standard InChI is InChI=1S/C14H19NS2/c1-3-11-16-17-14-9-5-4-7-12(14)13-8-6-10-15(13)2/h4-9,13H,3,10-11H2,1-2H3. The van der Waals surface area contributed by atoms with Crippen LogP contribution in [0.5, 0.6) is 0 Å². The molecular formula is C14H19NS2. The number of nitrogens with zero attached hydrogens (tertiary/aromatic N) is 1. The lowest BCUT2D eigenvalue weighted by molar-refractivity contribution is 0.337. The molecule has 17 heavy (non-hydrogen) atoms. The molecule has 1 aromatic carbocycles. The molecule has 0 aliphatic carbocycles. The fraction of sp³-hybridized carbons (Fsp3) is 0.429. The van der Waals surface area contributed by atoms with Gasteiger partial charge in [-0.15, -0.1) is 0 Å². The van der Waals surface area contributed by atoms with Crippen LogP contribution >= 0.6 is 21.6 Å². The molecule has 1 aliphatic rings. The highest BCUT2D eigenvalue weighted by Crippen LogP contribution is 2.38. The Morgan fingerprint density at radius 1 is 1.35 bits per heavy atom. The third-order valence-electron chi connectivity index (χ3n) is 2.86. The summed E-state index contributed by atoms with van der Waals surface area (Å²) in [5.41, 5.74) is 1.44. The van der Waals surface area contributed by atoms with E-state index in [9.17, 15) is 0 Å². The van der Waals surface area contributed by atoms with Gasteiger partial charge in [-0.3, -0.25) is 4.90 Å². The van der Waals surface area contributed by atoms with Gasteiger partial charge in [-0.05, 0) is 25.1 Å². The van der Waals surface area contributed by atoms with Crippen LogP contribution in [0, 0.1) is 0 Å². The van der Waals surface area contributed by atoms with E-state index < -0.39 is 0 Å². The normalized spacial score (nSPS) is 20.0. The highest BCUT2D eigenvalue weighted by Gasteiger charge is 2.20. The van der Waals surface area contributed by atoms with Gasteiger partial charge in [-0.25, -0.2) is 0 Å². The van der Waals surface area contributed by atoms with E-state index in [0.717, 1.165) is 6.54 Å². The number of hydrogen-bond acceptors (Lipinski definition) is 3. The van der Waals surface area contributed by atoms with Crippen LogP contribution in [0.1, 0.15) is 24.9 Å². The summed E-state index contributed by atoms with van der Waals surface area (Å²) in [5, 5.41) is 0. The minimum atomic E-state index is 0.459. The van der Waals surface area contributed by atoms with Gasteiger partial charge in [0.1, 0.15) is 0 Å². The molecule has 0 radical (unpaired) electrons. The van der Waals surface area contributed by atoms with Crippen molar-refractivity contribution in [3.8, 4) is 0 Å². The van der Waals surface area contributed by atoms with E-state index in [1.54, 1.807) is 0 Å². The second-order valence-corrected chi connectivity index (χ2v) is 6.71. The van der Waals surface area contributed by atoms with Crippen molar-refractivity contribution in [2.24, 2.45) is 0 Å². The van der Waals surface area contributed by atoms with Gasteiger partial charge in [-0.1, -0.05) is 58.9 Å². The molecule has 0 aromatic heterocycles. The Labute approximate surface area is 112 Å². The number of rotatable bonds is 5. The first-order chi connectivity index (χ1) is 8.33. The minimum Gasteiger partial charge on any atom is -0.292 e. The Bertz CT molecular complexity index is 390. The lowest BCUT2D eigenvalue weighted by Gasteiger charge is -2.21. The lowest BCUT2D eigenvalue weighted by atomic mass is 10.1. The van der Waals surface area contributed by atoms with Crippen LogP contribution in [0.15, 0.2) is 41.3 Å². The highest BCUT2D eigenvalue weighted by atomic mass is 33.1. The zero-order chi connectivity index (χ0) is 12.1. The molecule has 92 valence electrons. The molecule has 0 saturated carbocycles. The van der Waals surface area contributed by atoms with Crippen molar-refractivity contribution in [2.75, 3.05) is 19.3 Å². The SMILES string of the molecule is CCCSSc1ccccc1C1C=CCN1C. The van der Waals surface area contributed by atoms with Crippen molar-refractivity contribution in [1.29, 1.82) is 0 Å². The Balaban J connectivity index is 2.12. The summed E-state index contributed by atoms with van der Waals surface area (Å²) in [6.45, 7) is 3.29. The van der Waals surface area contributed by atoms with Crippen molar-refractivity contribution < 1.29 is 0 Å². The number of benzene rings is 1. The zero-order valence-corrected chi connectivity index (χ0v) is 12.1. The predicted octanol–water partition coefficient (Wildman–Crippen LogP) is 4.38. The van der Waals surface area contributed by atoms with E-state index in [-0.39, 0.29) is 0 Å². The molecule has 0 bridgehead atoms. The maximum Gasteiger partial charge on any atom is 0.0543 e. The van der Waals surface area contributed by atoms with E-state index in [1.807, 2.05) is 21.6 Å². The second-order valence-electron chi connectivity index (χ2n) is 4.26. The zero-order valence-electron chi connectivity index (χ0n) is 10.4. The van der Waals surface area contributed by atoms with Gasteiger partial charge in [0.25, 0.3) is 0 Å². The largest absolute Gasteiger partial charge is 0.292 e. The first kappa shape index (κ1) is 13.1. The van der Waals surface area contributed by atoms with Gasteiger partial charge in [0.2, 0.25) is 0 Å². The molecule has 0 spiro atoms. The first-order valence-corrected chi connectivity index (χ1v) is 8.40. The Morgan fingerprint density at radius 3 is 2.88 bits per heavy atom. The van der Waals surface area contributed by atoms with Gasteiger partial charge in [-0.2, -0.15) is 0 Å². The first-order valence-electron chi connectivity index (χ1n) is 6.08. The lowest BCUT2D eigenvalue weighted by Crippen LogP contribution is -2.18. The van der Waals surface area contributed by atoms with Crippen LogP contribution in [0.3, 0.4) is 0 Å². The molecule has 0 amide bonds. The van der Waals surface area contributed by atoms with Crippen LogP contribution in [0.2, 0.25) is 0 Å². The van der Waals surface area contributed by atoms with Crippen LogP contribution in [0.4, 0.5) is 0 Å². The van der Waals surface area contributed by atoms with Gasteiger partial charge in [0, 0.05) is 17.2 Å². The molecule has 1 aliphatic heterocycles. The van der Waals surface area contributed by atoms with Crippen molar-refractivity contribution in [2.45, 2.75) is 24.3 Å². The average Bonchev–Trinajstić information content (AvgIpc) is 2.76. The molecule has 0 fully saturated rings. The summed E-state index contributed by atoms with van der Waals surface area (Å²) in [4.78, 5) is 3.79. The van der Waals surface area contributed by atoms with Gasteiger partial charge < -0.3 is 0 Å². The molecule has 3 heteroatoms. The molecule has 2 rings (SSSR count). The topological polar surface area (TPSA) is 3.24 Å². The number of likely N-dealkylation sites (N-methyl/N-ethyl adjacent to an activating group) is 1. The molecule has 0 N–H and O–H groups in total. The Kier molecular flexibility index (Phi) is 5.01. The van der Waals surface area contributed by atoms with E-state index >= 15 is 0 Å². The Morgan fingerprint density at radius 2 is 2.18 bits per heavy atom. The quantitative estimate of drug-likeness (QED) is 0.442. The minimum absolute atomic E-state index is 0.459. The maximum absolute atomic E-state index is 2.38. The summed E-state index contributed by atoms with van der Waals surface area (Å²) in [6, 6.07) is 9.23.